The van der Waals surface area contributed by atoms with Gasteiger partial charge in [-0.2, -0.15) is 0 Å². The molecule has 10 heteroatoms. The summed E-state index contributed by atoms with van der Waals surface area (Å²) in [4.78, 5) is 34.3. The van der Waals surface area contributed by atoms with Crippen LogP contribution in [0.25, 0.3) is 0 Å². The molecule has 0 aliphatic carbocycles. The molecule has 2 N–H and O–H groups in total. The number of phosphoric ester groups is 1. The average molecular weight is 553 g/mol. The van der Waals surface area contributed by atoms with E-state index < -0.39 is 39.2 Å². The molecule has 220 valence electrons. The van der Waals surface area contributed by atoms with E-state index >= 15 is 0 Å². The van der Waals surface area contributed by atoms with E-state index in [1.54, 1.807) is 6.92 Å². The van der Waals surface area contributed by atoms with Crippen LogP contribution in [0.3, 0.4) is 0 Å². The number of Topliss-reactive ketones (excluding diaryl/α,β-unsaturated/α-hetero) is 1. The van der Waals surface area contributed by atoms with Gasteiger partial charge in [0.05, 0.1) is 34.4 Å². The fourth-order valence-corrected chi connectivity index (χ4v) is 4.86. The minimum absolute atomic E-state index is 0.154. The molecule has 0 aliphatic rings. The summed E-state index contributed by atoms with van der Waals surface area (Å²) in [6.07, 6.45) is 13.9. The van der Waals surface area contributed by atoms with Crippen LogP contribution in [-0.2, 0) is 27.9 Å². The zero-order chi connectivity index (χ0) is 28.2. The summed E-state index contributed by atoms with van der Waals surface area (Å²) in [5.41, 5.74) is 0. The molecule has 2 unspecified atom stereocenters. The van der Waals surface area contributed by atoms with E-state index in [9.17, 15) is 24.2 Å². The van der Waals surface area contributed by atoms with E-state index in [1.165, 1.54) is 64.2 Å². The predicted molar refractivity (Wildman–Crippen MR) is 146 cm³/mol. The third kappa shape index (κ3) is 21.8. The Kier molecular flexibility index (Phi) is 20.6. The lowest BCUT2D eigenvalue weighted by Crippen LogP contribution is -2.45. The van der Waals surface area contributed by atoms with Crippen LogP contribution in [0.1, 0.15) is 110 Å². The highest BCUT2D eigenvalue weighted by Gasteiger charge is 2.34. The summed E-state index contributed by atoms with van der Waals surface area (Å²) in [5, 5.41) is 9.49. The van der Waals surface area contributed by atoms with Gasteiger partial charge in [-0.1, -0.05) is 90.9 Å². The maximum absolute atomic E-state index is 12.4. The second-order valence-corrected chi connectivity index (χ2v) is 12.3. The molecule has 0 aromatic carbocycles. The summed E-state index contributed by atoms with van der Waals surface area (Å²) < 4.78 is 28.0. The molecular formula is C27H55NO8P+. The number of phosphoric acid groups is 1. The fourth-order valence-electron chi connectivity index (χ4n) is 3.94. The number of likely N-dealkylation sites (N-methyl/N-ethyl adjacent to an activating group) is 1. The molecule has 0 heterocycles. The molecule has 0 saturated carbocycles. The van der Waals surface area contributed by atoms with E-state index in [0.29, 0.717) is 10.9 Å². The van der Waals surface area contributed by atoms with Gasteiger partial charge in [0.1, 0.15) is 12.6 Å². The lowest BCUT2D eigenvalue weighted by atomic mass is 10.0. The molecule has 37 heavy (non-hydrogen) atoms. The molecule has 0 bridgehead atoms. The molecular weight excluding hydrogens is 497 g/mol. The predicted octanol–water partition coefficient (Wildman–Crippen LogP) is 5.56. The Morgan fingerprint density at radius 2 is 1.32 bits per heavy atom. The van der Waals surface area contributed by atoms with Crippen LogP contribution >= 0.6 is 7.82 Å². The maximum Gasteiger partial charge on any atom is 0.473 e. The van der Waals surface area contributed by atoms with Gasteiger partial charge in [-0.25, -0.2) is 4.57 Å². The molecule has 0 rings (SSSR count). The largest absolute Gasteiger partial charge is 0.473 e. The Hall–Kier alpha value is -0.830. The summed E-state index contributed by atoms with van der Waals surface area (Å²) in [6.45, 7) is 3.02. The van der Waals surface area contributed by atoms with Crippen LogP contribution in [0, 0.1) is 0 Å². The standard InChI is InChI=1S/C27H54NO8P/c1-6-8-9-10-11-12-13-14-15-16-17-18-19-20-27(31)35-24(22-29)23-34-37(32,33)36-26(25(30)7-2)21-28(3,4)5/h24,26,29H,6-23H2,1-5H3/p+1/t24-,26?/m1/s1. The van der Waals surface area contributed by atoms with Crippen LogP contribution in [-0.4, -0.2) is 79.3 Å². The second-order valence-electron chi connectivity index (χ2n) is 10.9. The minimum Gasteiger partial charge on any atom is -0.457 e. The Balaban J connectivity index is 4.11. The van der Waals surface area contributed by atoms with Gasteiger partial charge in [0.15, 0.2) is 11.9 Å². The first-order valence-electron chi connectivity index (χ1n) is 14.2. The number of aliphatic hydroxyl groups excluding tert-OH is 1. The fraction of sp³-hybridized carbons (Fsp3) is 0.926. The van der Waals surface area contributed by atoms with Crippen molar-refractivity contribution in [3.63, 3.8) is 0 Å². The van der Waals surface area contributed by atoms with Gasteiger partial charge in [-0.3, -0.25) is 18.6 Å². The average Bonchev–Trinajstić information content (AvgIpc) is 2.82. The molecule has 0 spiro atoms. The Morgan fingerprint density at radius 1 is 0.838 bits per heavy atom. The second kappa shape index (κ2) is 21.0. The van der Waals surface area contributed by atoms with Crippen LogP contribution < -0.4 is 0 Å². The zero-order valence-corrected chi connectivity index (χ0v) is 25.0. The van der Waals surface area contributed by atoms with Gasteiger partial charge in [0.25, 0.3) is 0 Å². The van der Waals surface area contributed by atoms with E-state index in [0.717, 1.165) is 12.8 Å². The number of aliphatic hydroxyl groups is 1. The maximum atomic E-state index is 12.4. The number of carbonyl (C=O) groups is 2. The van der Waals surface area contributed by atoms with Crippen molar-refractivity contribution in [1.82, 2.24) is 0 Å². The van der Waals surface area contributed by atoms with Gasteiger partial charge in [-0.05, 0) is 6.42 Å². The molecule has 0 aliphatic heterocycles. The number of nitrogens with zero attached hydrogens (tertiary/aromatic N) is 1. The van der Waals surface area contributed by atoms with Crippen molar-refractivity contribution >= 4 is 19.6 Å². The van der Waals surface area contributed by atoms with E-state index in [-0.39, 0.29) is 25.2 Å². The summed E-state index contributed by atoms with van der Waals surface area (Å²) in [7, 11) is 0.906. The van der Waals surface area contributed by atoms with Crippen molar-refractivity contribution in [2.24, 2.45) is 0 Å². The molecule has 0 aromatic heterocycles. The molecule has 0 fully saturated rings. The van der Waals surface area contributed by atoms with Crippen LogP contribution in [0.4, 0.5) is 0 Å². The highest BCUT2D eigenvalue weighted by Crippen LogP contribution is 2.45. The highest BCUT2D eigenvalue weighted by atomic mass is 31.2. The topological polar surface area (TPSA) is 119 Å². The van der Waals surface area contributed by atoms with Gasteiger partial charge in [0.2, 0.25) is 0 Å². The number of carbonyl (C=O) groups excluding carboxylic acids is 2. The SMILES string of the molecule is CCCCCCCCCCCCCCCC(=O)O[C@H](CO)COP(=O)(O)OC(C[N+](C)(C)C)C(=O)CC. The van der Waals surface area contributed by atoms with Crippen LogP contribution in [0.15, 0.2) is 0 Å². The number of ether oxygens (including phenoxy) is 1. The van der Waals surface area contributed by atoms with Gasteiger partial charge in [-0.15, -0.1) is 0 Å². The molecule has 0 aromatic rings. The number of hydrogen-bond acceptors (Lipinski definition) is 7. The normalized spacial score (nSPS) is 15.2. The lowest BCUT2D eigenvalue weighted by molar-refractivity contribution is -0.872. The zero-order valence-electron chi connectivity index (χ0n) is 24.1. The van der Waals surface area contributed by atoms with Crippen molar-refractivity contribution in [1.29, 1.82) is 0 Å². The van der Waals surface area contributed by atoms with Crippen molar-refractivity contribution in [3.05, 3.63) is 0 Å². The highest BCUT2D eigenvalue weighted by molar-refractivity contribution is 7.47. The summed E-state index contributed by atoms with van der Waals surface area (Å²) in [5.74, 6) is -0.794. The molecule has 0 saturated heterocycles. The first kappa shape index (κ1) is 36.2. The van der Waals surface area contributed by atoms with E-state index in [2.05, 4.69) is 6.92 Å². The first-order valence-corrected chi connectivity index (χ1v) is 15.7. The number of esters is 1. The number of quaternary nitrogens is 1. The van der Waals surface area contributed by atoms with Gasteiger partial charge < -0.3 is 19.2 Å². The van der Waals surface area contributed by atoms with Crippen LogP contribution in [0.2, 0.25) is 0 Å². The number of ketones is 1. The number of rotatable bonds is 25. The molecule has 9 nitrogen and oxygen atoms in total. The van der Waals surface area contributed by atoms with Crippen molar-refractivity contribution in [3.8, 4) is 0 Å². The minimum atomic E-state index is -4.60. The van der Waals surface area contributed by atoms with Crippen molar-refractivity contribution in [2.75, 3.05) is 40.9 Å². The van der Waals surface area contributed by atoms with E-state index in [1.807, 2.05) is 21.1 Å². The first-order chi connectivity index (χ1) is 17.4. The number of hydrogen-bond donors (Lipinski definition) is 2. The third-order valence-corrected chi connectivity index (χ3v) is 7.09. The molecule has 0 amide bonds. The van der Waals surface area contributed by atoms with Crippen molar-refractivity contribution < 1.29 is 42.4 Å². The quantitative estimate of drug-likeness (QED) is 0.0654. The smallest absolute Gasteiger partial charge is 0.457 e. The van der Waals surface area contributed by atoms with Gasteiger partial charge in [0, 0.05) is 12.8 Å². The third-order valence-electron chi connectivity index (χ3n) is 6.09. The van der Waals surface area contributed by atoms with E-state index in [4.69, 9.17) is 13.8 Å². The number of unbranched alkanes of at least 4 members (excludes halogenated alkanes) is 12. The molecule has 3 atom stereocenters. The van der Waals surface area contributed by atoms with Gasteiger partial charge >= 0.3 is 13.8 Å². The summed E-state index contributed by atoms with van der Waals surface area (Å²) >= 11 is 0. The summed E-state index contributed by atoms with van der Waals surface area (Å²) in [6, 6.07) is 0. The Morgan fingerprint density at radius 3 is 1.76 bits per heavy atom. The Labute approximate surface area is 225 Å². The monoisotopic (exact) mass is 552 g/mol. The van der Waals surface area contributed by atoms with Crippen molar-refractivity contribution in [2.45, 2.75) is 122 Å². The lowest BCUT2D eigenvalue weighted by Gasteiger charge is -2.29. The molecule has 0 radical (unpaired) electrons. The Bertz CT molecular complexity index is 653. The van der Waals surface area contributed by atoms with Crippen LogP contribution in [0.5, 0.6) is 0 Å².